The van der Waals surface area contributed by atoms with Crippen LogP contribution in [0.1, 0.15) is 22.9 Å². The molecule has 1 fully saturated rings. The monoisotopic (exact) mass is 351 g/mol. The molecule has 0 bridgehead atoms. The Hall–Kier alpha value is -0.750. The highest BCUT2D eigenvalue weighted by Gasteiger charge is 2.24. The normalized spacial score (nSPS) is 18.6. The zero-order valence-corrected chi connectivity index (χ0v) is 13.7. The molecule has 3 rings (SSSR count). The lowest BCUT2D eigenvalue weighted by Gasteiger charge is -2.30. The molecular weight excluding hydrogens is 334 g/mol. The SMILES string of the molecule is Brc1ccc(C(c2ccncc2)N2CCCNCC2)s1. The molecule has 1 aliphatic heterocycles. The average molecular weight is 352 g/mol. The van der Waals surface area contributed by atoms with Gasteiger partial charge in [0.05, 0.1) is 9.83 Å². The molecule has 3 nitrogen and oxygen atoms in total. The summed E-state index contributed by atoms with van der Waals surface area (Å²) in [5.74, 6) is 0. The van der Waals surface area contributed by atoms with Gasteiger partial charge in [0, 0.05) is 36.9 Å². The largest absolute Gasteiger partial charge is 0.315 e. The van der Waals surface area contributed by atoms with E-state index in [0.29, 0.717) is 6.04 Å². The fourth-order valence-corrected chi connectivity index (χ4v) is 4.29. The Morgan fingerprint density at radius 2 is 2.00 bits per heavy atom. The number of pyridine rings is 1. The Kier molecular flexibility index (Phi) is 4.83. The maximum atomic E-state index is 4.15. The maximum Gasteiger partial charge on any atom is 0.0702 e. The van der Waals surface area contributed by atoms with Crippen molar-refractivity contribution < 1.29 is 0 Å². The highest BCUT2D eigenvalue weighted by molar-refractivity contribution is 9.11. The van der Waals surface area contributed by atoms with Gasteiger partial charge in [-0.15, -0.1) is 11.3 Å². The molecule has 1 aliphatic rings. The van der Waals surface area contributed by atoms with Crippen LogP contribution in [0.2, 0.25) is 0 Å². The van der Waals surface area contributed by atoms with Crippen molar-refractivity contribution in [3.63, 3.8) is 0 Å². The van der Waals surface area contributed by atoms with Gasteiger partial charge in [-0.1, -0.05) is 0 Å². The Balaban J connectivity index is 1.94. The van der Waals surface area contributed by atoms with Crippen molar-refractivity contribution in [2.24, 2.45) is 0 Å². The van der Waals surface area contributed by atoms with Crippen molar-refractivity contribution in [1.82, 2.24) is 15.2 Å². The first-order chi connectivity index (χ1) is 9.84. The minimum absolute atomic E-state index is 0.342. The molecule has 0 saturated carbocycles. The average Bonchev–Trinajstić information content (AvgIpc) is 2.74. The summed E-state index contributed by atoms with van der Waals surface area (Å²) < 4.78 is 1.19. The standard InChI is InChI=1S/C15H18BrN3S/c16-14-3-2-13(20-14)15(12-4-7-18-8-5-12)19-10-1-6-17-9-11-19/h2-5,7-8,15,17H,1,6,9-11H2. The Labute approximate surface area is 132 Å². The summed E-state index contributed by atoms with van der Waals surface area (Å²) in [5.41, 5.74) is 1.33. The molecule has 20 heavy (non-hydrogen) atoms. The molecular formula is C15H18BrN3S. The van der Waals surface area contributed by atoms with E-state index in [0.717, 1.165) is 26.2 Å². The van der Waals surface area contributed by atoms with Gasteiger partial charge in [0.25, 0.3) is 0 Å². The van der Waals surface area contributed by atoms with E-state index in [1.165, 1.54) is 20.6 Å². The first kappa shape index (κ1) is 14.2. The number of thiophene rings is 1. The Bertz CT molecular complexity index is 535. The van der Waals surface area contributed by atoms with Crippen LogP contribution in [0.3, 0.4) is 0 Å². The molecule has 2 aromatic heterocycles. The fraction of sp³-hybridized carbons (Fsp3) is 0.400. The summed E-state index contributed by atoms with van der Waals surface area (Å²) in [4.78, 5) is 8.12. The highest BCUT2D eigenvalue weighted by Crippen LogP contribution is 2.35. The molecule has 1 N–H and O–H groups in total. The van der Waals surface area contributed by atoms with Crippen molar-refractivity contribution in [1.29, 1.82) is 0 Å². The number of rotatable bonds is 3. The third-order valence-electron chi connectivity index (χ3n) is 3.63. The van der Waals surface area contributed by atoms with Crippen molar-refractivity contribution in [2.75, 3.05) is 26.2 Å². The number of halogens is 1. The van der Waals surface area contributed by atoms with E-state index in [9.17, 15) is 0 Å². The molecule has 0 spiro atoms. The summed E-state index contributed by atoms with van der Waals surface area (Å²) >= 11 is 5.41. The van der Waals surface area contributed by atoms with Crippen LogP contribution >= 0.6 is 27.3 Å². The first-order valence-corrected chi connectivity index (χ1v) is 8.55. The number of nitrogens with one attached hydrogen (secondary N) is 1. The smallest absolute Gasteiger partial charge is 0.0702 e. The maximum absolute atomic E-state index is 4.15. The number of nitrogens with zero attached hydrogens (tertiary/aromatic N) is 2. The quantitative estimate of drug-likeness (QED) is 0.919. The minimum atomic E-state index is 0.342. The Morgan fingerprint density at radius 3 is 2.75 bits per heavy atom. The topological polar surface area (TPSA) is 28.2 Å². The van der Waals surface area contributed by atoms with Crippen LogP contribution in [-0.4, -0.2) is 36.1 Å². The molecule has 3 heterocycles. The molecule has 0 aliphatic carbocycles. The van der Waals surface area contributed by atoms with E-state index in [1.807, 2.05) is 23.7 Å². The number of aromatic nitrogens is 1. The fourth-order valence-electron chi connectivity index (χ4n) is 2.70. The number of hydrogen-bond acceptors (Lipinski definition) is 4. The van der Waals surface area contributed by atoms with Crippen LogP contribution in [0.25, 0.3) is 0 Å². The van der Waals surface area contributed by atoms with Crippen LogP contribution in [0.4, 0.5) is 0 Å². The van der Waals surface area contributed by atoms with E-state index in [1.54, 1.807) is 0 Å². The van der Waals surface area contributed by atoms with Crippen molar-refractivity contribution in [3.8, 4) is 0 Å². The minimum Gasteiger partial charge on any atom is -0.315 e. The van der Waals surface area contributed by atoms with E-state index in [2.05, 4.69) is 55.4 Å². The molecule has 0 radical (unpaired) electrons. The molecule has 5 heteroatoms. The summed E-state index contributed by atoms with van der Waals surface area (Å²) in [5, 5.41) is 3.48. The number of hydrogen-bond donors (Lipinski definition) is 1. The summed E-state index contributed by atoms with van der Waals surface area (Å²) in [6.07, 6.45) is 4.98. The predicted molar refractivity (Wildman–Crippen MR) is 87.2 cm³/mol. The van der Waals surface area contributed by atoms with Crippen LogP contribution in [-0.2, 0) is 0 Å². The molecule has 2 aromatic rings. The van der Waals surface area contributed by atoms with Gasteiger partial charge in [-0.25, -0.2) is 0 Å². The van der Waals surface area contributed by atoms with Crippen molar-refractivity contribution >= 4 is 27.3 Å². The van der Waals surface area contributed by atoms with Crippen LogP contribution < -0.4 is 5.32 Å². The van der Waals surface area contributed by atoms with Gasteiger partial charge in [-0.3, -0.25) is 9.88 Å². The highest BCUT2D eigenvalue weighted by atomic mass is 79.9. The molecule has 1 atom stereocenters. The second-order valence-electron chi connectivity index (χ2n) is 4.96. The van der Waals surface area contributed by atoms with E-state index in [4.69, 9.17) is 0 Å². The summed E-state index contributed by atoms with van der Waals surface area (Å²) in [6.45, 7) is 4.40. The lowest BCUT2D eigenvalue weighted by atomic mass is 10.0. The van der Waals surface area contributed by atoms with Gasteiger partial charge in [0.2, 0.25) is 0 Å². The van der Waals surface area contributed by atoms with Crippen LogP contribution in [0, 0.1) is 0 Å². The Morgan fingerprint density at radius 1 is 1.15 bits per heavy atom. The molecule has 0 aromatic carbocycles. The molecule has 106 valence electrons. The van der Waals surface area contributed by atoms with Crippen LogP contribution in [0.15, 0.2) is 40.4 Å². The third-order valence-corrected chi connectivity index (χ3v) is 5.30. The zero-order chi connectivity index (χ0) is 13.8. The lowest BCUT2D eigenvalue weighted by Crippen LogP contribution is -2.32. The van der Waals surface area contributed by atoms with Gasteiger partial charge in [0.15, 0.2) is 0 Å². The van der Waals surface area contributed by atoms with Gasteiger partial charge in [-0.05, 0) is 58.7 Å². The predicted octanol–water partition coefficient (Wildman–Crippen LogP) is 3.29. The molecule has 0 amide bonds. The van der Waals surface area contributed by atoms with E-state index in [-0.39, 0.29) is 0 Å². The first-order valence-electron chi connectivity index (χ1n) is 6.94. The summed E-state index contributed by atoms with van der Waals surface area (Å²) in [6, 6.07) is 8.99. The third kappa shape index (κ3) is 3.28. The van der Waals surface area contributed by atoms with Gasteiger partial charge in [-0.2, -0.15) is 0 Å². The summed E-state index contributed by atoms with van der Waals surface area (Å²) in [7, 11) is 0. The second kappa shape index (κ2) is 6.80. The van der Waals surface area contributed by atoms with Crippen molar-refractivity contribution in [2.45, 2.75) is 12.5 Å². The molecule has 1 saturated heterocycles. The van der Waals surface area contributed by atoms with Gasteiger partial charge in [0.1, 0.15) is 0 Å². The van der Waals surface area contributed by atoms with E-state index < -0.39 is 0 Å². The van der Waals surface area contributed by atoms with Crippen molar-refractivity contribution in [3.05, 3.63) is 50.9 Å². The lowest BCUT2D eigenvalue weighted by molar-refractivity contribution is 0.244. The second-order valence-corrected chi connectivity index (χ2v) is 7.46. The van der Waals surface area contributed by atoms with Gasteiger partial charge < -0.3 is 5.32 Å². The van der Waals surface area contributed by atoms with E-state index >= 15 is 0 Å². The van der Waals surface area contributed by atoms with Crippen LogP contribution in [0.5, 0.6) is 0 Å². The molecule has 1 unspecified atom stereocenters. The van der Waals surface area contributed by atoms with Gasteiger partial charge >= 0.3 is 0 Å². The zero-order valence-electron chi connectivity index (χ0n) is 11.3.